The molecule has 0 aliphatic rings. The summed E-state index contributed by atoms with van der Waals surface area (Å²) in [6.45, 7) is 5.98. The van der Waals surface area contributed by atoms with Gasteiger partial charge in [-0.1, -0.05) is 6.92 Å². The summed E-state index contributed by atoms with van der Waals surface area (Å²) in [6, 6.07) is 0. The molecule has 11 heavy (non-hydrogen) atoms. The van der Waals surface area contributed by atoms with E-state index < -0.39 is 5.60 Å². The van der Waals surface area contributed by atoms with Crippen LogP contribution in [-0.2, 0) is 0 Å². The molecule has 0 saturated heterocycles. The van der Waals surface area contributed by atoms with Gasteiger partial charge in [-0.2, -0.15) is 0 Å². The molecule has 3 heteroatoms. The van der Waals surface area contributed by atoms with E-state index in [9.17, 15) is 5.11 Å². The fraction of sp³-hybridized carbons (Fsp3) is 1.00. The molecule has 3 nitrogen and oxygen atoms in total. The Morgan fingerprint density at radius 3 is 1.91 bits per heavy atom. The fourth-order valence-electron chi connectivity index (χ4n) is 1.19. The van der Waals surface area contributed by atoms with E-state index in [2.05, 4.69) is 0 Å². The predicted octanol–water partition coefficient (Wildman–Crippen LogP) is 0.214. The maximum absolute atomic E-state index is 9.76. The highest BCUT2D eigenvalue weighted by Crippen LogP contribution is 2.20. The number of hydrogen-bond acceptors (Lipinski definition) is 3. The van der Waals surface area contributed by atoms with Crippen LogP contribution in [0.25, 0.3) is 0 Å². The van der Waals surface area contributed by atoms with Crippen molar-refractivity contribution in [2.24, 2.45) is 11.5 Å². The van der Waals surface area contributed by atoms with Crippen LogP contribution in [0.2, 0.25) is 0 Å². The fourth-order valence-corrected chi connectivity index (χ4v) is 1.19. The lowest BCUT2D eigenvalue weighted by atomic mass is 9.86. The minimum Gasteiger partial charge on any atom is -0.389 e. The van der Waals surface area contributed by atoms with Crippen LogP contribution >= 0.6 is 0 Å². The van der Waals surface area contributed by atoms with Gasteiger partial charge in [0, 0.05) is 12.1 Å². The first-order chi connectivity index (χ1) is 4.83. The molecule has 0 amide bonds. The Bertz CT molecular complexity index is 114. The Morgan fingerprint density at radius 1 is 1.36 bits per heavy atom. The molecular formula is C8H20N2O. The van der Waals surface area contributed by atoms with Crippen LogP contribution in [-0.4, -0.2) is 22.8 Å². The monoisotopic (exact) mass is 160 g/mol. The minimum absolute atomic E-state index is 0.282. The SMILES string of the molecule is CCC(O)(CN)CC(C)(C)N. The van der Waals surface area contributed by atoms with Crippen molar-refractivity contribution in [1.82, 2.24) is 0 Å². The van der Waals surface area contributed by atoms with Crippen LogP contribution in [0.3, 0.4) is 0 Å². The van der Waals surface area contributed by atoms with E-state index in [1.807, 2.05) is 20.8 Å². The Balaban J connectivity index is 4.08. The van der Waals surface area contributed by atoms with Crippen LogP contribution in [0.15, 0.2) is 0 Å². The van der Waals surface area contributed by atoms with E-state index in [4.69, 9.17) is 11.5 Å². The van der Waals surface area contributed by atoms with Gasteiger partial charge in [0.15, 0.2) is 0 Å². The maximum atomic E-state index is 9.76. The molecule has 0 aliphatic heterocycles. The Labute approximate surface area is 68.8 Å². The minimum atomic E-state index is -0.780. The lowest BCUT2D eigenvalue weighted by molar-refractivity contribution is 0.0194. The van der Waals surface area contributed by atoms with Crippen molar-refractivity contribution in [3.8, 4) is 0 Å². The van der Waals surface area contributed by atoms with Crippen LogP contribution in [0.1, 0.15) is 33.6 Å². The molecule has 0 heterocycles. The van der Waals surface area contributed by atoms with Gasteiger partial charge < -0.3 is 16.6 Å². The summed E-state index contributed by atoms with van der Waals surface area (Å²) in [5.74, 6) is 0. The van der Waals surface area contributed by atoms with Crippen molar-refractivity contribution in [3.63, 3.8) is 0 Å². The highest BCUT2D eigenvalue weighted by Gasteiger charge is 2.29. The highest BCUT2D eigenvalue weighted by atomic mass is 16.3. The van der Waals surface area contributed by atoms with E-state index in [1.165, 1.54) is 0 Å². The van der Waals surface area contributed by atoms with Gasteiger partial charge >= 0.3 is 0 Å². The first-order valence-corrected chi connectivity index (χ1v) is 4.04. The zero-order chi connectivity index (χ0) is 9.12. The molecule has 0 bridgehead atoms. The molecule has 0 aromatic rings. The molecule has 68 valence electrons. The number of nitrogens with two attached hydrogens (primary N) is 2. The topological polar surface area (TPSA) is 72.3 Å². The molecule has 0 spiro atoms. The molecule has 0 rings (SSSR count). The Kier molecular flexibility index (Phi) is 3.48. The highest BCUT2D eigenvalue weighted by molar-refractivity contribution is 4.87. The molecule has 1 unspecified atom stereocenters. The van der Waals surface area contributed by atoms with Crippen molar-refractivity contribution in [2.75, 3.05) is 6.54 Å². The van der Waals surface area contributed by atoms with Crippen molar-refractivity contribution in [3.05, 3.63) is 0 Å². The Hall–Kier alpha value is -0.120. The number of aliphatic hydroxyl groups is 1. The molecule has 0 radical (unpaired) electrons. The second-order valence-electron chi connectivity index (χ2n) is 3.95. The van der Waals surface area contributed by atoms with Gasteiger partial charge in [-0.25, -0.2) is 0 Å². The number of rotatable bonds is 4. The largest absolute Gasteiger partial charge is 0.389 e. The molecule has 0 aliphatic carbocycles. The second-order valence-corrected chi connectivity index (χ2v) is 3.95. The van der Waals surface area contributed by atoms with Crippen LogP contribution in [0, 0.1) is 0 Å². The zero-order valence-corrected chi connectivity index (χ0v) is 7.72. The summed E-state index contributed by atoms with van der Waals surface area (Å²) < 4.78 is 0. The van der Waals surface area contributed by atoms with Crippen LogP contribution in [0.4, 0.5) is 0 Å². The smallest absolute Gasteiger partial charge is 0.0784 e. The summed E-state index contributed by atoms with van der Waals surface area (Å²) in [5, 5.41) is 9.76. The number of hydrogen-bond donors (Lipinski definition) is 3. The average molecular weight is 160 g/mol. The molecular weight excluding hydrogens is 140 g/mol. The second kappa shape index (κ2) is 3.52. The molecule has 0 aromatic heterocycles. The normalized spacial score (nSPS) is 18.0. The van der Waals surface area contributed by atoms with E-state index in [-0.39, 0.29) is 12.1 Å². The summed E-state index contributed by atoms with van der Waals surface area (Å²) in [5.41, 5.74) is 10.1. The van der Waals surface area contributed by atoms with E-state index in [1.54, 1.807) is 0 Å². The van der Waals surface area contributed by atoms with Crippen LogP contribution < -0.4 is 11.5 Å². The van der Waals surface area contributed by atoms with Crippen LogP contribution in [0.5, 0.6) is 0 Å². The van der Waals surface area contributed by atoms with Gasteiger partial charge in [0.05, 0.1) is 5.60 Å². The zero-order valence-electron chi connectivity index (χ0n) is 7.72. The molecule has 0 aromatic carbocycles. The first kappa shape index (κ1) is 10.9. The van der Waals surface area contributed by atoms with Crippen molar-refractivity contribution in [1.29, 1.82) is 0 Å². The van der Waals surface area contributed by atoms with E-state index in [0.29, 0.717) is 12.8 Å². The van der Waals surface area contributed by atoms with Crippen molar-refractivity contribution >= 4 is 0 Å². The summed E-state index contributed by atoms with van der Waals surface area (Å²) >= 11 is 0. The first-order valence-electron chi connectivity index (χ1n) is 4.04. The lowest BCUT2D eigenvalue weighted by Gasteiger charge is -2.32. The summed E-state index contributed by atoms with van der Waals surface area (Å²) in [4.78, 5) is 0. The third kappa shape index (κ3) is 4.35. The molecule has 0 saturated carbocycles. The summed E-state index contributed by atoms with van der Waals surface area (Å²) in [6.07, 6.45) is 1.21. The maximum Gasteiger partial charge on any atom is 0.0784 e. The standard InChI is InChI=1S/C8H20N2O/c1-4-8(11,6-9)5-7(2,3)10/h11H,4-6,9-10H2,1-3H3. The third-order valence-electron chi connectivity index (χ3n) is 1.82. The van der Waals surface area contributed by atoms with E-state index in [0.717, 1.165) is 0 Å². The van der Waals surface area contributed by atoms with Gasteiger partial charge in [0.2, 0.25) is 0 Å². The van der Waals surface area contributed by atoms with Gasteiger partial charge in [-0.3, -0.25) is 0 Å². The molecule has 1 atom stereocenters. The Morgan fingerprint density at radius 2 is 1.82 bits per heavy atom. The van der Waals surface area contributed by atoms with Gasteiger partial charge in [0.1, 0.15) is 0 Å². The van der Waals surface area contributed by atoms with Gasteiger partial charge in [-0.05, 0) is 26.7 Å². The van der Waals surface area contributed by atoms with Crippen molar-refractivity contribution < 1.29 is 5.11 Å². The quantitative estimate of drug-likeness (QED) is 0.550. The van der Waals surface area contributed by atoms with Gasteiger partial charge in [-0.15, -0.1) is 0 Å². The average Bonchev–Trinajstić information content (AvgIpc) is 1.84. The molecule has 0 fully saturated rings. The van der Waals surface area contributed by atoms with Gasteiger partial charge in [0.25, 0.3) is 0 Å². The van der Waals surface area contributed by atoms with E-state index >= 15 is 0 Å². The third-order valence-corrected chi connectivity index (χ3v) is 1.82. The molecule has 5 N–H and O–H groups in total. The lowest BCUT2D eigenvalue weighted by Crippen LogP contribution is -2.47. The van der Waals surface area contributed by atoms with Crippen molar-refractivity contribution in [2.45, 2.75) is 44.8 Å². The summed E-state index contributed by atoms with van der Waals surface area (Å²) in [7, 11) is 0. The predicted molar refractivity (Wildman–Crippen MR) is 47.2 cm³/mol.